The van der Waals surface area contributed by atoms with Gasteiger partial charge in [0.15, 0.2) is 11.5 Å². The Kier molecular flexibility index (Phi) is 6.97. The van der Waals surface area contributed by atoms with E-state index in [1.165, 1.54) is 0 Å². The normalized spacial score (nSPS) is 17.0. The zero-order valence-electron chi connectivity index (χ0n) is 16.2. The number of rotatable bonds is 5. The van der Waals surface area contributed by atoms with Crippen LogP contribution in [0, 0.1) is 0 Å². The first-order chi connectivity index (χ1) is 13.6. The Morgan fingerprint density at radius 1 is 1.07 bits per heavy atom. The van der Waals surface area contributed by atoms with Gasteiger partial charge in [0, 0.05) is 34.7 Å². The van der Waals surface area contributed by atoms with Gasteiger partial charge in [0.05, 0.1) is 21.3 Å². The summed E-state index contributed by atoms with van der Waals surface area (Å²) in [6.45, 7) is 1.35. The molecule has 0 N–H and O–H groups in total. The van der Waals surface area contributed by atoms with Gasteiger partial charge in [0.1, 0.15) is 0 Å². The summed E-state index contributed by atoms with van der Waals surface area (Å²) in [7, 11) is 4.63. The Morgan fingerprint density at radius 3 is 2.36 bits per heavy atom. The molecule has 1 heterocycles. The van der Waals surface area contributed by atoms with Gasteiger partial charge in [-0.2, -0.15) is 11.8 Å². The Bertz CT molecular complexity index is 820. The predicted molar refractivity (Wildman–Crippen MR) is 113 cm³/mol. The van der Waals surface area contributed by atoms with Crippen molar-refractivity contribution in [1.29, 1.82) is 0 Å². The Balaban J connectivity index is 1.79. The molecule has 2 aromatic carbocycles. The van der Waals surface area contributed by atoms with Crippen LogP contribution in [0.2, 0.25) is 5.02 Å². The second kappa shape index (κ2) is 9.43. The smallest absolute Gasteiger partial charge is 0.254 e. The minimum Gasteiger partial charge on any atom is -0.493 e. The number of methoxy groups -OCH3 is 3. The third kappa shape index (κ3) is 4.33. The fourth-order valence-corrected chi connectivity index (χ4v) is 4.94. The van der Waals surface area contributed by atoms with Crippen LogP contribution >= 0.6 is 23.4 Å². The highest BCUT2D eigenvalue weighted by Crippen LogP contribution is 2.40. The van der Waals surface area contributed by atoms with Crippen molar-refractivity contribution >= 4 is 29.3 Å². The van der Waals surface area contributed by atoms with Crippen molar-refractivity contribution in [2.75, 3.05) is 40.2 Å². The predicted octanol–water partition coefficient (Wildman–Crippen LogP) is 4.69. The molecule has 1 atom stereocenters. The highest BCUT2D eigenvalue weighted by Gasteiger charge is 2.25. The number of benzene rings is 2. The first-order valence-electron chi connectivity index (χ1n) is 9.04. The number of hydrogen-bond donors (Lipinski definition) is 0. The van der Waals surface area contributed by atoms with E-state index >= 15 is 0 Å². The number of ether oxygens (including phenoxy) is 3. The molecule has 0 spiro atoms. The quantitative estimate of drug-likeness (QED) is 0.701. The van der Waals surface area contributed by atoms with Gasteiger partial charge in [0.25, 0.3) is 5.91 Å². The van der Waals surface area contributed by atoms with Crippen LogP contribution in [0.25, 0.3) is 0 Å². The fraction of sp³-hybridized carbons (Fsp3) is 0.381. The number of thioether (sulfide) groups is 1. The summed E-state index contributed by atoms with van der Waals surface area (Å²) in [6, 6.07) is 11.3. The highest BCUT2D eigenvalue weighted by molar-refractivity contribution is 7.99. The number of carbonyl (C=O) groups excluding carboxylic acids is 1. The van der Waals surface area contributed by atoms with E-state index in [1.807, 2.05) is 34.9 Å². The number of amides is 1. The molecule has 1 unspecified atom stereocenters. The van der Waals surface area contributed by atoms with Gasteiger partial charge in [-0.1, -0.05) is 29.8 Å². The van der Waals surface area contributed by atoms with E-state index in [0.717, 1.165) is 22.8 Å². The SMILES string of the molecule is COc1cc(C(=O)N2CCSC(c3ccccc3Cl)CC2)cc(OC)c1OC. The Labute approximate surface area is 174 Å². The van der Waals surface area contributed by atoms with Crippen LogP contribution in [0.3, 0.4) is 0 Å². The van der Waals surface area contributed by atoms with Gasteiger partial charge in [-0.3, -0.25) is 4.79 Å². The zero-order valence-corrected chi connectivity index (χ0v) is 17.8. The van der Waals surface area contributed by atoms with Crippen molar-refractivity contribution in [3.63, 3.8) is 0 Å². The molecule has 1 aliphatic heterocycles. The van der Waals surface area contributed by atoms with Crippen LogP contribution in [0.5, 0.6) is 17.2 Å². The summed E-state index contributed by atoms with van der Waals surface area (Å²) in [4.78, 5) is 15.0. The lowest BCUT2D eigenvalue weighted by molar-refractivity contribution is 0.0765. The Hall–Kier alpha value is -2.05. The molecule has 0 saturated carbocycles. The summed E-state index contributed by atoms with van der Waals surface area (Å²) in [5.41, 5.74) is 1.66. The summed E-state index contributed by atoms with van der Waals surface area (Å²) < 4.78 is 16.1. The molecule has 5 nitrogen and oxygen atoms in total. The van der Waals surface area contributed by atoms with Gasteiger partial charge in [0.2, 0.25) is 5.75 Å². The molecule has 1 saturated heterocycles. The lowest BCUT2D eigenvalue weighted by Crippen LogP contribution is -2.33. The van der Waals surface area contributed by atoms with Gasteiger partial charge in [-0.05, 0) is 30.2 Å². The lowest BCUT2D eigenvalue weighted by atomic mass is 10.1. The van der Waals surface area contributed by atoms with Crippen molar-refractivity contribution in [2.24, 2.45) is 0 Å². The average molecular weight is 422 g/mol. The summed E-state index contributed by atoms with van der Waals surface area (Å²) >= 11 is 8.21. The highest BCUT2D eigenvalue weighted by atomic mass is 35.5. The van der Waals surface area contributed by atoms with E-state index in [2.05, 4.69) is 6.07 Å². The summed E-state index contributed by atoms with van der Waals surface area (Å²) in [5, 5.41) is 1.07. The number of nitrogens with zero attached hydrogens (tertiary/aromatic N) is 1. The second-order valence-corrected chi connectivity index (χ2v) is 8.09. The van der Waals surface area contributed by atoms with Crippen molar-refractivity contribution in [2.45, 2.75) is 11.7 Å². The molecule has 150 valence electrons. The summed E-state index contributed by atoms with van der Waals surface area (Å²) in [6.07, 6.45) is 0.852. The van der Waals surface area contributed by atoms with Crippen LogP contribution in [0.1, 0.15) is 27.6 Å². The third-order valence-electron chi connectivity index (χ3n) is 4.79. The summed E-state index contributed by atoms with van der Waals surface area (Å²) in [5.74, 6) is 2.24. The topological polar surface area (TPSA) is 48.0 Å². The maximum atomic E-state index is 13.1. The molecular weight excluding hydrogens is 398 g/mol. The molecule has 3 rings (SSSR count). The van der Waals surface area contributed by atoms with Crippen LogP contribution in [0.15, 0.2) is 36.4 Å². The van der Waals surface area contributed by atoms with Crippen LogP contribution in [-0.4, -0.2) is 51.0 Å². The van der Waals surface area contributed by atoms with Crippen molar-refractivity contribution in [1.82, 2.24) is 4.90 Å². The molecule has 0 aromatic heterocycles. The first-order valence-corrected chi connectivity index (χ1v) is 10.5. The van der Waals surface area contributed by atoms with Gasteiger partial charge >= 0.3 is 0 Å². The zero-order chi connectivity index (χ0) is 20.1. The Morgan fingerprint density at radius 2 is 1.75 bits per heavy atom. The minimum atomic E-state index is -0.0420. The van der Waals surface area contributed by atoms with Gasteiger partial charge < -0.3 is 19.1 Å². The fourth-order valence-electron chi connectivity index (χ4n) is 3.35. The van der Waals surface area contributed by atoms with E-state index < -0.39 is 0 Å². The maximum Gasteiger partial charge on any atom is 0.254 e. The first kappa shape index (κ1) is 20.7. The molecule has 0 aliphatic carbocycles. The molecule has 7 heteroatoms. The van der Waals surface area contributed by atoms with Crippen LogP contribution in [0.4, 0.5) is 0 Å². The largest absolute Gasteiger partial charge is 0.493 e. The van der Waals surface area contributed by atoms with Crippen LogP contribution < -0.4 is 14.2 Å². The maximum absolute atomic E-state index is 13.1. The lowest BCUT2D eigenvalue weighted by Gasteiger charge is -2.22. The molecule has 1 fully saturated rings. The molecule has 0 bridgehead atoms. The minimum absolute atomic E-state index is 0.0420. The van der Waals surface area contributed by atoms with Crippen molar-refractivity contribution in [3.05, 3.63) is 52.5 Å². The van der Waals surface area contributed by atoms with E-state index in [0.29, 0.717) is 35.9 Å². The molecule has 2 aromatic rings. The number of carbonyl (C=O) groups is 1. The molecule has 1 amide bonds. The monoisotopic (exact) mass is 421 g/mol. The third-order valence-corrected chi connectivity index (χ3v) is 6.45. The average Bonchev–Trinajstić information content (AvgIpc) is 2.98. The second-order valence-electron chi connectivity index (χ2n) is 6.38. The van der Waals surface area contributed by atoms with Crippen molar-refractivity contribution < 1.29 is 19.0 Å². The number of hydrogen-bond acceptors (Lipinski definition) is 5. The van der Waals surface area contributed by atoms with E-state index in [4.69, 9.17) is 25.8 Å². The van der Waals surface area contributed by atoms with E-state index in [9.17, 15) is 4.79 Å². The molecular formula is C21H24ClNO4S. The van der Waals surface area contributed by atoms with Crippen LogP contribution in [-0.2, 0) is 0 Å². The standard InChI is InChI=1S/C21H24ClNO4S/c1-25-17-12-14(13-18(26-2)20(17)27-3)21(24)23-9-8-19(28-11-10-23)15-6-4-5-7-16(15)22/h4-7,12-13,19H,8-11H2,1-3H3. The van der Waals surface area contributed by atoms with Gasteiger partial charge in [-0.15, -0.1) is 0 Å². The van der Waals surface area contributed by atoms with Gasteiger partial charge in [-0.25, -0.2) is 0 Å². The van der Waals surface area contributed by atoms with E-state index in [1.54, 1.807) is 33.5 Å². The molecule has 0 radical (unpaired) electrons. The van der Waals surface area contributed by atoms with E-state index in [-0.39, 0.29) is 11.2 Å². The number of halogens is 1. The molecule has 28 heavy (non-hydrogen) atoms. The van der Waals surface area contributed by atoms with Crippen molar-refractivity contribution in [3.8, 4) is 17.2 Å². The molecule has 1 aliphatic rings.